The fourth-order valence-electron chi connectivity index (χ4n) is 2.39. The molecule has 6 heteroatoms. The number of nitrogens with zero attached hydrogens (tertiary/aromatic N) is 2. The van der Waals surface area contributed by atoms with E-state index in [2.05, 4.69) is 22.0 Å². The van der Waals surface area contributed by atoms with Crippen LogP contribution in [-0.4, -0.2) is 55.0 Å². The lowest BCUT2D eigenvalue weighted by atomic mass is 10.2. The van der Waals surface area contributed by atoms with Crippen molar-refractivity contribution in [3.8, 4) is 0 Å². The van der Waals surface area contributed by atoms with E-state index in [1.165, 1.54) is 0 Å². The highest BCUT2D eigenvalue weighted by Gasteiger charge is 2.16. The van der Waals surface area contributed by atoms with Crippen molar-refractivity contribution in [1.82, 2.24) is 9.80 Å². The number of amides is 1. The van der Waals surface area contributed by atoms with Crippen LogP contribution in [0.3, 0.4) is 0 Å². The number of piperazine rings is 1. The standard InChI is InChI=1S/C15H21Cl2N3O/c1-2-19-7-9-20(10-8-19)6-5-15(21)18-14-4-3-12(16)11-13(14)17/h3-4,11H,2,5-10H2,1H3,(H,18,21). The van der Waals surface area contributed by atoms with Gasteiger partial charge in [-0.3, -0.25) is 4.79 Å². The molecule has 0 aliphatic carbocycles. The van der Waals surface area contributed by atoms with E-state index < -0.39 is 0 Å². The first-order chi connectivity index (χ1) is 10.1. The van der Waals surface area contributed by atoms with E-state index in [1.807, 2.05) is 0 Å². The van der Waals surface area contributed by atoms with Gasteiger partial charge in [0.05, 0.1) is 10.7 Å². The SMILES string of the molecule is CCN1CCN(CCC(=O)Nc2ccc(Cl)cc2Cl)CC1. The fourth-order valence-corrected chi connectivity index (χ4v) is 2.85. The fraction of sp³-hybridized carbons (Fsp3) is 0.533. The molecule has 2 rings (SSSR count). The molecule has 1 aliphatic heterocycles. The molecule has 1 N–H and O–H groups in total. The van der Waals surface area contributed by atoms with Gasteiger partial charge in [-0.15, -0.1) is 0 Å². The van der Waals surface area contributed by atoms with Gasteiger partial charge in [0.1, 0.15) is 0 Å². The molecule has 0 saturated carbocycles. The summed E-state index contributed by atoms with van der Waals surface area (Å²) in [6.07, 6.45) is 0.477. The van der Waals surface area contributed by atoms with E-state index in [9.17, 15) is 4.79 Å². The van der Waals surface area contributed by atoms with Gasteiger partial charge in [-0.2, -0.15) is 0 Å². The van der Waals surface area contributed by atoms with Crippen molar-refractivity contribution in [2.45, 2.75) is 13.3 Å². The third-order valence-electron chi connectivity index (χ3n) is 3.77. The van der Waals surface area contributed by atoms with Crippen LogP contribution in [0.2, 0.25) is 10.0 Å². The van der Waals surface area contributed by atoms with E-state index in [0.29, 0.717) is 22.2 Å². The van der Waals surface area contributed by atoms with Gasteiger partial charge in [-0.05, 0) is 24.7 Å². The van der Waals surface area contributed by atoms with E-state index >= 15 is 0 Å². The van der Waals surface area contributed by atoms with E-state index in [4.69, 9.17) is 23.2 Å². The maximum Gasteiger partial charge on any atom is 0.225 e. The van der Waals surface area contributed by atoms with Crippen LogP contribution in [0.15, 0.2) is 18.2 Å². The zero-order valence-electron chi connectivity index (χ0n) is 12.2. The van der Waals surface area contributed by atoms with E-state index in [0.717, 1.165) is 39.3 Å². The second kappa shape index (κ2) is 7.99. The van der Waals surface area contributed by atoms with Crippen LogP contribution in [0.1, 0.15) is 13.3 Å². The van der Waals surface area contributed by atoms with Gasteiger partial charge < -0.3 is 15.1 Å². The van der Waals surface area contributed by atoms with Crippen LogP contribution in [-0.2, 0) is 4.79 Å². The Morgan fingerprint density at radius 1 is 1.19 bits per heavy atom. The van der Waals surface area contributed by atoms with Crippen LogP contribution < -0.4 is 5.32 Å². The topological polar surface area (TPSA) is 35.6 Å². The largest absolute Gasteiger partial charge is 0.325 e. The van der Waals surface area contributed by atoms with Crippen molar-refractivity contribution in [2.75, 3.05) is 44.6 Å². The van der Waals surface area contributed by atoms with E-state index in [-0.39, 0.29) is 5.91 Å². The smallest absolute Gasteiger partial charge is 0.225 e. The number of hydrogen-bond donors (Lipinski definition) is 1. The maximum absolute atomic E-state index is 12.0. The molecule has 1 aromatic rings. The van der Waals surface area contributed by atoms with Crippen molar-refractivity contribution >= 4 is 34.8 Å². The zero-order valence-corrected chi connectivity index (χ0v) is 13.8. The number of likely N-dealkylation sites (N-methyl/N-ethyl adjacent to an activating group) is 1. The summed E-state index contributed by atoms with van der Waals surface area (Å²) in [7, 11) is 0. The minimum atomic E-state index is -0.0165. The number of carbonyl (C=O) groups is 1. The number of halogens is 2. The van der Waals surface area contributed by atoms with Gasteiger partial charge >= 0.3 is 0 Å². The molecule has 0 unspecified atom stereocenters. The van der Waals surface area contributed by atoms with Crippen molar-refractivity contribution in [3.63, 3.8) is 0 Å². The summed E-state index contributed by atoms with van der Waals surface area (Å²) in [6, 6.07) is 5.07. The van der Waals surface area contributed by atoms with Gasteiger partial charge in [-0.25, -0.2) is 0 Å². The van der Waals surface area contributed by atoms with Gasteiger partial charge in [0.15, 0.2) is 0 Å². The van der Waals surface area contributed by atoms with Gasteiger partial charge in [0.2, 0.25) is 5.91 Å². The molecule has 116 valence electrons. The lowest BCUT2D eigenvalue weighted by Crippen LogP contribution is -2.46. The lowest BCUT2D eigenvalue weighted by molar-refractivity contribution is -0.116. The summed E-state index contributed by atoms with van der Waals surface area (Å²) < 4.78 is 0. The summed E-state index contributed by atoms with van der Waals surface area (Å²) in [5.41, 5.74) is 0.613. The molecule has 0 spiro atoms. The minimum absolute atomic E-state index is 0.0165. The van der Waals surface area contributed by atoms with Crippen molar-refractivity contribution in [3.05, 3.63) is 28.2 Å². The Hall–Kier alpha value is -0.810. The molecular formula is C15H21Cl2N3O. The number of hydrogen-bond acceptors (Lipinski definition) is 3. The number of carbonyl (C=O) groups excluding carboxylic acids is 1. The molecule has 1 heterocycles. The number of benzene rings is 1. The Kier molecular flexibility index (Phi) is 6.30. The molecular weight excluding hydrogens is 309 g/mol. The normalized spacial score (nSPS) is 16.9. The van der Waals surface area contributed by atoms with Gasteiger partial charge in [0, 0.05) is 44.2 Å². The third kappa shape index (κ3) is 5.15. The molecule has 0 atom stereocenters. The highest BCUT2D eigenvalue weighted by molar-refractivity contribution is 6.36. The average Bonchev–Trinajstić information content (AvgIpc) is 2.48. The number of anilines is 1. The van der Waals surface area contributed by atoms with Crippen LogP contribution in [0.25, 0.3) is 0 Å². The average molecular weight is 330 g/mol. The van der Waals surface area contributed by atoms with Crippen molar-refractivity contribution < 1.29 is 4.79 Å². The highest BCUT2D eigenvalue weighted by atomic mass is 35.5. The van der Waals surface area contributed by atoms with Crippen LogP contribution in [0, 0.1) is 0 Å². The first-order valence-electron chi connectivity index (χ1n) is 7.28. The summed E-state index contributed by atoms with van der Waals surface area (Å²) >= 11 is 11.9. The molecule has 4 nitrogen and oxygen atoms in total. The maximum atomic E-state index is 12.0. The predicted molar refractivity (Wildman–Crippen MR) is 88.3 cm³/mol. The Labute approximate surface area is 136 Å². The molecule has 21 heavy (non-hydrogen) atoms. The molecule has 1 saturated heterocycles. The van der Waals surface area contributed by atoms with Crippen LogP contribution in [0.5, 0.6) is 0 Å². The molecule has 0 radical (unpaired) electrons. The third-order valence-corrected chi connectivity index (χ3v) is 4.32. The highest BCUT2D eigenvalue weighted by Crippen LogP contribution is 2.25. The summed E-state index contributed by atoms with van der Waals surface area (Å²) in [5, 5.41) is 3.86. The summed E-state index contributed by atoms with van der Waals surface area (Å²) in [4.78, 5) is 16.7. The second-order valence-corrected chi connectivity index (χ2v) is 6.04. The summed E-state index contributed by atoms with van der Waals surface area (Å²) in [5.74, 6) is -0.0165. The Balaban J connectivity index is 1.75. The summed E-state index contributed by atoms with van der Waals surface area (Å²) in [6.45, 7) is 8.30. The lowest BCUT2D eigenvalue weighted by Gasteiger charge is -2.33. The first-order valence-corrected chi connectivity index (χ1v) is 8.03. The second-order valence-electron chi connectivity index (χ2n) is 5.20. The molecule has 1 aromatic carbocycles. The predicted octanol–water partition coefficient (Wildman–Crippen LogP) is 2.96. The van der Waals surface area contributed by atoms with Gasteiger partial charge in [0.25, 0.3) is 0 Å². The molecule has 0 aromatic heterocycles. The van der Waals surface area contributed by atoms with E-state index in [1.54, 1.807) is 18.2 Å². The zero-order chi connectivity index (χ0) is 15.2. The molecule has 1 amide bonds. The van der Waals surface area contributed by atoms with Crippen molar-refractivity contribution in [1.29, 1.82) is 0 Å². The van der Waals surface area contributed by atoms with Crippen molar-refractivity contribution in [2.24, 2.45) is 0 Å². The number of nitrogens with one attached hydrogen (secondary N) is 1. The van der Waals surface area contributed by atoms with Crippen LogP contribution in [0.4, 0.5) is 5.69 Å². The van der Waals surface area contributed by atoms with Gasteiger partial charge in [-0.1, -0.05) is 30.1 Å². The molecule has 0 bridgehead atoms. The minimum Gasteiger partial charge on any atom is -0.325 e. The monoisotopic (exact) mass is 329 g/mol. The number of rotatable bonds is 5. The quantitative estimate of drug-likeness (QED) is 0.902. The Bertz CT molecular complexity index is 488. The Morgan fingerprint density at radius 2 is 1.86 bits per heavy atom. The first kappa shape index (κ1) is 16.6. The molecule has 1 fully saturated rings. The Morgan fingerprint density at radius 3 is 2.48 bits per heavy atom. The molecule has 1 aliphatic rings. The van der Waals surface area contributed by atoms with Crippen LogP contribution >= 0.6 is 23.2 Å².